The Bertz CT molecular complexity index is 557. The fraction of sp³-hybridized carbons (Fsp3) is 0.474. The maximum absolute atomic E-state index is 10.0. The molecule has 2 rings (SSSR count). The van der Waals surface area contributed by atoms with Crippen LogP contribution in [-0.4, -0.2) is 28.5 Å². The Morgan fingerprint density at radius 3 is 2.36 bits per heavy atom. The van der Waals surface area contributed by atoms with E-state index in [0.717, 1.165) is 40.9 Å². The first-order valence-corrected chi connectivity index (χ1v) is 7.71. The van der Waals surface area contributed by atoms with Gasteiger partial charge < -0.3 is 14.9 Å². The Balaban J connectivity index is 2.04. The van der Waals surface area contributed by atoms with Gasteiger partial charge >= 0.3 is 0 Å². The zero-order valence-electron chi connectivity index (χ0n) is 13.7. The highest BCUT2D eigenvalue weighted by molar-refractivity contribution is 5.76. The summed E-state index contributed by atoms with van der Waals surface area (Å²) in [6.07, 6.45) is 3.42. The first kappa shape index (κ1) is 16.8. The first-order valence-electron chi connectivity index (χ1n) is 7.71. The quantitative estimate of drug-likeness (QED) is 0.792. The van der Waals surface area contributed by atoms with Crippen LogP contribution in [0.5, 0.6) is 5.75 Å². The molecule has 0 radical (unpaired) electrons. The minimum atomic E-state index is -1.00. The Kier molecular flexibility index (Phi) is 4.78. The number of allylic oxidation sites excluding steroid dienone is 2. The van der Waals surface area contributed by atoms with Crippen molar-refractivity contribution in [3.05, 3.63) is 48.1 Å². The maximum atomic E-state index is 10.0. The molecule has 1 aliphatic rings. The number of benzene rings is 1. The van der Waals surface area contributed by atoms with E-state index < -0.39 is 5.60 Å². The summed E-state index contributed by atoms with van der Waals surface area (Å²) in [7, 11) is 0. The first-order chi connectivity index (χ1) is 10.3. The van der Waals surface area contributed by atoms with E-state index >= 15 is 0 Å². The summed E-state index contributed by atoms with van der Waals surface area (Å²) < 4.78 is 6.00. The minimum absolute atomic E-state index is 0.101. The van der Waals surface area contributed by atoms with Crippen molar-refractivity contribution >= 4 is 5.57 Å². The molecule has 2 N–H and O–H groups in total. The normalized spacial score (nSPS) is 23.3. The van der Waals surface area contributed by atoms with Crippen LogP contribution in [-0.2, 0) is 0 Å². The number of aliphatic hydroxyl groups excluding tert-OH is 1. The molecule has 1 aromatic carbocycles. The van der Waals surface area contributed by atoms with E-state index in [1.165, 1.54) is 0 Å². The highest BCUT2D eigenvalue weighted by Gasteiger charge is 2.42. The summed E-state index contributed by atoms with van der Waals surface area (Å²) in [5.41, 5.74) is 3.29. The van der Waals surface area contributed by atoms with Crippen LogP contribution in [0.2, 0.25) is 0 Å². The monoisotopic (exact) mass is 302 g/mol. The molecule has 0 amide bonds. The van der Waals surface area contributed by atoms with Crippen LogP contribution in [0.25, 0.3) is 5.57 Å². The molecule has 0 heterocycles. The summed E-state index contributed by atoms with van der Waals surface area (Å²) in [6, 6.07) is 4.04. The summed E-state index contributed by atoms with van der Waals surface area (Å²) in [6.45, 7) is 13.4. The number of rotatable bonds is 6. The number of hydrogen-bond acceptors (Lipinski definition) is 3. The average Bonchev–Trinajstić information content (AvgIpc) is 2.41. The Hall–Kier alpha value is -1.58. The summed E-state index contributed by atoms with van der Waals surface area (Å²) in [5.74, 6) is 0.951. The molecule has 120 valence electrons. The molecule has 0 spiro atoms. The SMILES string of the molecule is C=CC(=C)c1c(C)cc(OC2CC(C(C)(O)CO)C2)cc1C. The van der Waals surface area contributed by atoms with Gasteiger partial charge in [0.2, 0.25) is 0 Å². The van der Waals surface area contributed by atoms with Crippen LogP contribution in [0.15, 0.2) is 31.4 Å². The second-order valence-corrected chi connectivity index (χ2v) is 6.58. The van der Waals surface area contributed by atoms with Gasteiger partial charge in [0, 0.05) is 0 Å². The molecule has 0 bridgehead atoms. The molecule has 1 fully saturated rings. The van der Waals surface area contributed by atoms with E-state index in [1.54, 1.807) is 13.0 Å². The topological polar surface area (TPSA) is 49.7 Å². The van der Waals surface area contributed by atoms with Crippen molar-refractivity contribution in [1.29, 1.82) is 0 Å². The fourth-order valence-corrected chi connectivity index (χ4v) is 3.09. The van der Waals surface area contributed by atoms with Crippen LogP contribution in [0, 0.1) is 19.8 Å². The van der Waals surface area contributed by atoms with Crippen molar-refractivity contribution in [3.63, 3.8) is 0 Å². The van der Waals surface area contributed by atoms with E-state index in [4.69, 9.17) is 4.74 Å². The largest absolute Gasteiger partial charge is 0.490 e. The zero-order valence-corrected chi connectivity index (χ0v) is 13.7. The van der Waals surface area contributed by atoms with Crippen LogP contribution in [0.4, 0.5) is 0 Å². The third-order valence-corrected chi connectivity index (χ3v) is 4.67. The molecule has 22 heavy (non-hydrogen) atoms. The van der Waals surface area contributed by atoms with Gasteiger partial charge in [0.15, 0.2) is 0 Å². The third kappa shape index (κ3) is 3.26. The summed E-state index contributed by atoms with van der Waals surface area (Å²) in [4.78, 5) is 0. The van der Waals surface area contributed by atoms with Crippen molar-refractivity contribution < 1.29 is 14.9 Å². The van der Waals surface area contributed by atoms with E-state index in [1.807, 2.05) is 26.0 Å². The molecule has 0 aliphatic heterocycles. The lowest BCUT2D eigenvalue weighted by Gasteiger charge is -2.43. The number of hydrogen-bond donors (Lipinski definition) is 2. The van der Waals surface area contributed by atoms with Gasteiger partial charge in [-0.15, -0.1) is 0 Å². The molecule has 1 saturated carbocycles. The van der Waals surface area contributed by atoms with Crippen LogP contribution in [0.3, 0.4) is 0 Å². The molecule has 0 saturated heterocycles. The highest BCUT2D eigenvalue weighted by atomic mass is 16.5. The van der Waals surface area contributed by atoms with Gasteiger partial charge in [-0.25, -0.2) is 0 Å². The van der Waals surface area contributed by atoms with Crippen LogP contribution < -0.4 is 4.74 Å². The van der Waals surface area contributed by atoms with Crippen molar-refractivity contribution in [3.8, 4) is 5.75 Å². The second-order valence-electron chi connectivity index (χ2n) is 6.58. The van der Waals surface area contributed by atoms with E-state index in [0.29, 0.717) is 0 Å². The molecule has 1 aromatic rings. The molecule has 0 aromatic heterocycles. The van der Waals surface area contributed by atoms with Gasteiger partial charge in [-0.1, -0.05) is 19.2 Å². The van der Waals surface area contributed by atoms with Crippen molar-refractivity contribution in [1.82, 2.24) is 0 Å². The smallest absolute Gasteiger partial charge is 0.120 e. The predicted octanol–water partition coefficient (Wildman–Crippen LogP) is 3.40. The second kappa shape index (κ2) is 6.27. The van der Waals surface area contributed by atoms with Gasteiger partial charge in [0.05, 0.1) is 18.3 Å². The van der Waals surface area contributed by atoms with Gasteiger partial charge in [-0.3, -0.25) is 0 Å². The lowest BCUT2D eigenvalue weighted by atomic mass is 9.72. The van der Waals surface area contributed by atoms with Crippen molar-refractivity contribution in [2.45, 2.75) is 45.3 Å². The van der Waals surface area contributed by atoms with Crippen molar-refractivity contribution in [2.24, 2.45) is 5.92 Å². The van der Waals surface area contributed by atoms with E-state index in [9.17, 15) is 10.2 Å². The highest BCUT2D eigenvalue weighted by Crippen LogP contribution is 2.39. The minimum Gasteiger partial charge on any atom is -0.490 e. The van der Waals surface area contributed by atoms with Gasteiger partial charge in [0.25, 0.3) is 0 Å². The molecule has 1 atom stereocenters. The average molecular weight is 302 g/mol. The molecular weight excluding hydrogens is 276 g/mol. The summed E-state index contributed by atoms with van der Waals surface area (Å²) >= 11 is 0. The Morgan fingerprint density at radius 1 is 1.36 bits per heavy atom. The van der Waals surface area contributed by atoms with Crippen LogP contribution >= 0.6 is 0 Å². The Labute approximate surface area is 132 Å². The van der Waals surface area contributed by atoms with Crippen LogP contribution in [0.1, 0.15) is 36.5 Å². The Morgan fingerprint density at radius 2 is 1.91 bits per heavy atom. The lowest BCUT2D eigenvalue weighted by Crippen LogP contribution is -2.49. The van der Waals surface area contributed by atoms with Gasteiger partial charge in [0.1, 0.15) is 5.75 Å². The lowest BCUT2D eigenvalue weighted by molar-refractivity contribution is -0.104. The number of aliphatic hydroxyl groups is 2. The molecular formula is C19H26O3. The predicted molar refractivity (Wildman–Crippen MR) is 90.0 cm³/mol. The molecule has 1 aliphatic carbocycles. The van der Waals surface area contributed by atoms with Gasteiger partial charge in [-0.05, 0) is 73.9 Å². The van der Waals surface area contributed by atoms with E-state index in [-0.39, 0.29) is 18.6 Å². The zero-order chi connectivity index (χ0) is 16.5. The fourth-order valence-electron chi connectivity index (χ4n) is 3.09. The molecule has 3 heteroatoms. The number of ether oxygens (including phenoxy) is 1. The number of aryl methyl sites for hydroxylation is 2. The third-order valence-electron chi connectivity index (χ3n) is 4.67. The summed E-state index contributed by atoms with van der Waals surface area (Å²) in [5, 5.41) is 19.2. The standard InChI is InChI=1S/C19H26O3/c1-6-12(2)18-13(3)7-16(8-14(18)4)22-17-9-15(10-17)19(5,21)11-20/h6-8,15,17,20-21H,1-2,9-11H2,3-5H3. The molecule has 1 unspecified atom stereocenters. The maximum Gasteiger partial charge on any atom is 0.120 e. The van der Waals surface area contributed by atoms with Crippen molar-refractivity contribution in [2.75, 3.05) is 6.61 Å². The molecule has 3 nitrogen and oxygen atoms in total. The van der Waals surface area contributed by atoms with Gasteiger partial charge in [-0.2, -0.15) is 0 Å². The van der Waals surface area contributed by atoms with E-state index in [2.05, 4.69) is 13.2 Å².